The second-order valence-electron chi connectivity index (χ2n) is 6.53. The number of hydrogen-bond acceptors (Lipinski definition) is 1. The molecular weight excluding hydrogens is 242 g/mol. The molecule has 0 aromatic heterocycles. The number of fused-ring (bicyclic) bond motifs is 2. The summed E-state index contributed by atoms with van der Waals surface area (Å²) in [6, 6.07) is 22.7. The predicted octanol–water partition coefficient (Wildman–Crippen LogP) is 4.08. The van der Waals surface area contributed by atoms with Crippen molar-refractivity contribution in [2.24, 2.45) is 0 Å². The van der Waals surface area contributed by atoms with Crippen LogP contribution in [0, 0.1) is 0 Å². The van der Waals surface area contributed by atoms with E-state index in [1.807, 2.05) is 0 Å². The van der Waals surface area contributed by atoms with Crippen LogP contribution < -0.4 is 5.32 Å². The molecule has 1 N–H and O–H groups in total. The molecule has 1 nitrogen and oxygen atoms in total. The first-order valence-corrected chi connectivity index (χ1v) is 7.65. The normalized spacial score (nSPS) is 35.4. The predicted molar refractivity (Wildman–Crippen MR) is 82.9 cm³/mol. The van der Waals surface area contributed by atoms with Crippen LogP contribution in [0.25, 0.3) is 0 Å². The van der Waals surface area contributed by atoms with Crippen LogP contribution in [0.3, 0.4) is 0 Å². The Labute approximate surface area is 121 Å². The van der Waals surface area contributed by atoms with Gasteiger partial charge in [-0.15, -0.1) is 0 Å². The third-order valence-electron chi connectivity index (χ3n) is 5.31. The largest absolute Gasteiger partial charge is 0.307 e. The maximum Gasteiger partial charge on any atom is 0.0231 e. The lowest BCUT2D eigenvalue weighted by Gasteiger charge is -2.36. The summed E-state index contributed by atoms with van der Waals surface area (Å²) in [5, 5.41) is 3.90. The molecule has 20 heavy (non-hydrogen) atoms. The van der Waals surface area contributed by atoms with Gasteiger partial charge in [0, 0.05) is 23.4 Å². The molecule has 0 spiro atoms. The van der Waals surface area contributed by atoms with E-state index in [4.69, 9.17) is 0 Å². The van der Waals surface area contributed by atoms with E-state index in [9.17, 15) is 0 Å². The molecule has 0 unspecified atom stereocenters. The molecule has 2 fully saturated rings. The fourth-order valence-electron chi connectivity index (χ4n) is 4.50. The molecule has 1 heteroatoms. The second-order valence-corrected chi connectivity index (χ2v) is 6.53. The van der Waals surface area contributed by atoms with Gasteiger partial charge in [0.2, 0.25) is 0 Å². The second kappa shape index (κ2) is 4.46. The Balaban J connectivity index is 1.81. The zero-order valence-corrected chi connectivity index (χ0v) is 11.9. The molecule has 2 aromatic carbocycles. The molecular formula is C19H21N. The Morgan fingerprint density at radius 2 is 1.50 bits per heavy atom. The molecule has 4 rings (SSSR count). The molecule has 102 valence electrons. The molecule has 0 radical (unpaired) electrons. The summed E-state index contributed by atoms with van der Waals surface area (Å²) in [7, 11) is 0. The molecule has 4 atom stereocenters. The summed E-state index contributed by atoms with van der Waals surface area (Å²) in [5.41, 5.74) is 3.23. The van der Waals surface area contributed by atoms with Crippen LogP contribution in [-0.2, 0) is 0 Å². The SMILES string of the molecule is C[C@@]12CC[C@@H](N1)[C@@H](c1ccccc1)[C@@H]2c1ccccc1. The minimum atomic E-state index is 0.256. The minimum absolute atomic E-state index is 0.256. The van der Waals surface area contributed by atoms with Crippen molar-refractivity contribution >= 4 is 0 Å². The van der Waals surface area contributed by atoms with E-state index in [1.54, 1.807) is 0 Å². The summed E-state index contributed by atoms with van der Waals surface area (Å²) in [6.07, 6.45) is 2.60. The molecule has 0 amide bonds. The Morgan fingerprint density at radius 3 is 2.15 bits per heavy atom. The van der Waals surface area contributed by atoms with Crippen LogP contribution in [-0.4, -0.2) is 11.6 Å². The third kappa shape index (κ3) is 1.73. The molecule has 0 saturated carbocycles. The van der Waals surface area contributed by atoms with Crippen molar-refractivity contribution in [2.45, 2.75) is 43.2 Å². The highest BCUT2D eigenvalue weighted by molar-refractivity contribution is 5.38. The number of hydrogen-bond donors (Lipinski definition) is 1. The van der Waals surface area contributed by atoms with E-state index in [0.717, 1.165) is 0 Å². The molecule has 2 aliphatic heterocycles. The average molecular weight is 263 g/mol. The van der Waals surface area contributed by atoms with Crippen molar-refractivity contribution in [1.29, 1.82) is 0 Å². The van der Waals surface area contributed by atoms with Gasteiger partial charge in [-0.1, -0.05) is 60.7 Å². The maximum atomic E-state index is 3.90. The Hall–Kier alpha value is -1.60. The van der Waals surface area contributed by atoms with E-state index in [1.165, 1.54) is 24.0 Å². The zero-order valence-electron chi connectivity index (χ0n) is 11.9. The zero-order chi connectivity index (χ0) is 13.6. The summed E-state index contributed by atoms with van der Waals surface area (Å²) in [4.78, 5) is 0. The highest BCUT2D eigenvalue weighted by atomic mass is 15.1. The molecule has 2 aliphatic rings. The lowest BCUT2D eigenvalue weighted by atomic mass is 9.67. The standard InChI is InChI=1S/C19H21N/c1-19-13-12-16(20-19)17(14-8-4-2-5-9-14)18(19)15-10-6-3-7-11-15/h2-11,16-18,20H,12-13H2,1H3/t16-,17-,18+,19+/m1/s1. The average Bonchev–Trinajstić information content (AvgIpc) is 3.02. The van der Waals surface area contributed by atoms with E-state index >= 15 is 0 Å². The molecule has 2 bridgehead atoms. The van der Waals surface area contributed by atoms with Crippen LogP contribution in [0.2, 0.25) is 0 Å². The summed E-state index contributed by atoms with van der Waals surface area (Å²) >= 11 is 0. The summed E-state index contributed by atoms with van der Waals surface area (Å²) in [6.45, 7) is 2.41. The van der Waals surface area contributed by atoms with E-state index in [0.29, 0.717) is 17.9 Å². The van der Waals surface area contributed by atoms with Gasteiger partial charge in [0.25, 0.3) is 0 Å². The van der Waals surface area contributed by atoms with Gasteiger partial charge in [-0.25, -0.2) is 0 Å². The summed E-state index contributed by atoms with van der Waals surface area (Å²) in [5.74, 6) is 1.20. The quantitative estimate of drug-likeness (QED) is 0.861. The Bertz CT molecular complexity index is 592. The minimum Gasteiger partial charge on any atom is -0.307 e. The van der Waals surface area contributed by atoms with Crippen molar-refractivity contribution in [2.75, 3.05) is 0 Å². The van der Waals surface area contributed by atoms with Crippen LogP contribution in [0.5, 0.6) is 0 Å². The van der Waals surface area contributed by atoms with Gasteiger partial charge < -0.3 is 5.32 Å². The Morgan fingerprint density at radius 1 is 0.900 bits per heavy atom. The van der Waals surface area contributed by atoms with Gasteiger partial charge in [-0.05, 0) is 30.9 Å². The third-order valence-corrected chi connectivity index (χ3v) is 5.31. The first-order valence-electron chi connectivity index (χ1n) is 7.65. The van der Waals surface area contributed by atoms with E-state index in [-0.39, 0.29) is 5.54 Å². The van der Waals surface area contributed by atoms with Crippen molar-refractivity contribution in [3.8, 4) is 0 Å². The van der Waals surface area contributed by atoms with Crippen LogP contribution >= 0.6 is 0 Å². The smallest absolute Gasteiger partial charge is 0.0231 e. The van der Waals surface area contributed by atoms with Gasteiger partial charge in [0.1, 0.15) is 0 Å². The van der Waals surface area contributed by atoms with Gasteiger partial charge in [-0.3, -0.25) is 0 Å². The molecule has 2 aromatic rings. The van der Waals surface area contributed by atoms with E-state index in [2.05, 4.69) is 72.9 Å². The van der Waals surface area contributed by atoms with Crippen LogP contribution in [0.15, 0.2) is 60.7 Å². The fraction of sp³-hybridized carbons (Fsp3) is 0.368. The van der Waals surface area contributed by atoms with Gasteiger partial charge >= 0.3 is 0 Å². The first kappa shape index (κ1) is 12.2. The maximum absolute atomic E-state index is 3.90. The topological polar surface area (TPSA) is 12.0 Å². The fourth-order valence-corrected chi connectivity index (χ4v) is 4.50. The van der Waals surface area contributed by atoms with Crippen molar-refractivity contribution in [3.63, 3.8) is 0 Å². The number of nitrogens with one attached hydrogen (secondary N) is 1. The van der Waals surface area contributed by atoms with Gasteiger partial charge in [-0.2, -0.15) is 0 Å². The van der Waals surface area contributed by atoms with Crippen molar-refractivity contribution < 1.29 is 0 Å². The lowest BCUT2D eigenvalue weighted by Crippen LogP contribution is -2.37. The lowest BCUT2D eigenvalue weighted by molar-refractivity contribution is 0.346. The monoisotopic (exact) mass is 263 g/mol. The van der Waals surface area contributed by atoms with Crippen molar-refractivity contribution in [1.82, 2.24) is 5.32 Å². The molecule has 2 heterocycles. The highest BCUT2D eigenvalue weighted by Crippen LogP contribution is 2.55. The molecule has 0 aliphatic carbocycles. The van der Waals surface area contributed by atoms with Gasteiger partial charge in [0.15, 0.2) is 0 Å². The van der Waals surface area contributed by atoms with Gasteiger partial charge in [0.05, 0.1) is 0 Å². The van der Waals surface area contributed by atoms with Crippen molar-refractivity contribution in [3.05, 3.63) is 71.8 Å². The first-order chi connectivity index (χ1) is 9.78. The highest BCUT2D eigenvalue weighted by Gasteiger charge is 2.55. The van der Waals surface area contributed by atoms with E-state index < -0.39 is 0 Å². The number of benzene rings is 2. The number of rotatable bonds is 2. The molecule has 2 saturated heterocycles. The summed E-state index contributed by atoms with van der Waals surface area (Å²) < 4.78 is 0. The van der Waals surface area contributed by atoms with Crippen LogP contribution in [0.1, 0.15) is 42.7 Å². The van der Waals surface area contributed by atoms with Crippen LogP contribution in [0.4, 0.5) is 0 Å². The Kier molecular flexibility index (Phi) is 2.71.